The molecule has 0 amide bonds. The van der Waals surface area contributed by atoms with Gasteiger partial charge in [-0.3, -0.25) is 4.39 Å². The molecule has 1 aliphatic rings. The van der Waals surface area contributed by atoms with Crippen LogP contribution in [-0.4, -0.2) is 26.2 Å². The first-order chi connectivity index (χ1) is 8.83. The Bertz CT molecular complexity index is 342. The van der Waals surface area contributed by atoms with Crippen LogP contribution in [0.25, 0.3) is 0 Å². The van der Waals surface area contributed by atoms with Crippen molar-refractivity contribution in [1.29, 1.82) is 0 Å². The Labute approximate surface area is 108 Å². The maximum atomic E-state index is 12.2. The van der Waals surface area contributed by atoms with E-state index in [-0.39, 0.29) is 18.9 Å². The summed E-state index contributed by atoms with van der Waals surface area (Å²) >= 11 is 0. The third kappa shape index (κ3) is 3.53. The van der Waals surface area contributed by atoms with Gasteiger partial charge < -0.3 is 9.47 Å². The van der Waals surface area contributed by atoms with Crippen LogP contribution in [0.4, 0.5) is 4.39 Å². The highest BCUT2D eigenvalue weighted by Gasteiger charge is 2.23. The van der Waals surface area contributed by atoms with Crippen molar-refractivity contribution in [2.24, 2.45) is 0 Å². The Kier molecular flexibility index (Phi) is 5.14. The number of alkyl halides is 1. The monoisotopic (exact) mass is 252 g/mol. The maximum Gasteiger partial charge on any atom is 0.160 e. The number of hydrogen-bond donors (Lipinski definition) is 0. The van der Waals surface area contributed by atoms with Crippen LogP contribution in [0.2, 0.25) is 0 Å². The van der Waals surface area contributed by atoms with Gasteiger partial charge in [-0.15, -0.1) is 0 Å². The van der Waals surface area contributed by atoms with Crippen molar-refractivity contribution < 1.29 is 13.9 Å². The second-order valence-electron chi connectivity index (χ2n) is 4.76. The third-order valence-corrected chi connectivity index (χ3v) is 3.30. The molecule has 2 nitrogen and oxygen atoms in total. The van der Waals surface area contributed by atoms with Gasteiger partial charge in [0.2, 0.25) is 0 Å². The number of benzene rings is 1. The summed E-state index contributed by atoms with van der Waals surface area (Å²) in [5, 5.41) is 0. The molecule has 2 rings (SSSR count). The van der Waals surface area contributed by atoms with Crippen LogP contribution in [0.15, 0.2) is 24.3 Å². The van der Waals surface area contributed by atoms with Crippen LogP contribution in [0.3, 0.4) is 0 Å². The molecule has 0 unspecified atom stereocenters. The van der Waals surface area contributed by atoms with Gasteiger partial charge in [-0.05, 0) is 17.5 Å². The van der Waals surface area contributed by atoms with Crippen LogP contribution in [0.5, 0.6) is 0 Å². The van der Waals surface area contributed by atoms with Crippen LogP contribution in [0.1, 0.15) is 36.8 Å². The molecule has 0 bridgehead atoms. The fourth-order valence-electron chi connectivity index (χ4n) is 2.24. The molecular formula is C15H21FO2. The molecule has 0 aromatic heterocycles. The highest BCUT2D eigenvalue weighted by molar-refractivity contribution is 5.26. The molecule has 1 aliphatic heterocycles. The Morgan fingerprint density at radius 1 is 1.17 bits per heavy atom. The van der Waals surface area contributed by atoms with E-state index in [0.717, 1.165) is 6.42 Å². The summed E-state index contributed by atoms with van der Waals surface area (Å²) in [4.78, 5) is 0. The largest absolute Gasteiger partial charge is 0.352 e. The van der Waals surface area contributed by atoms with Crippen LogP contribution in [0, 0.1) is 0 Å². The molecule has 0 N–H and O–H groups in total. The van der Waals surface area contributed by atoms with Gasteiger partial charge in [-0.1, -0.05) is 37.6 Å². The van der Waals surface area contributed by atoms with Gasteiger partial charge in [-0.2, -0.15) is 0 Å². The SMILES string of the molecule is CCCc1ccc(C2COC(CCF)OC2)cc1. The summed E-state index contributed by atoms with van der Waals surface area (Å²) in [5.41, 5.74) is 2.61. The molecule has 0 spiro atoms. The lowest BCUT2D eigenvalue weighted by atomic mass is 9.98. The highest BCUT2D eigenvalue weighted by atomic mass is 19.1. The lowest BCUT2D eigenvalue weighted by Crippen LogP contribution is -2.31. The lowest BCUT2D eigenvalue weighted by molar-refractivity contribution is -0.190. The number of ether oxygens (including phenoxy) is 2. The Hall–Kier alpha value is -0.930. The first-order valence-electron chi connectivity index (χ1n) is 6.71. The van der Waals surface area contributed by atoms with E-state index in [0.29, 0.717) is 19.6 Å². The van der Waals surface area contributed by atoms with E-state index in [2.05, 4.69) is 31.2 Å². The minimum atomic E-state index is -0.388. The van der Waals surface area contributed by atoms with E-state index in [4.69, 9.17) is 9.47 Å². The lowest BCUT2D eigenvalue weighted by Gasteiger charge is -2.29. The zero-order valence-corrected chi connectivity index (χ0v) is 10.9. The second-order valence-corrected chi connectivity index (χ2v) is 4.76. The van der Waals surface area contributed by atoms with Crippen molar-refractivity contribution in [2.75, 3.05) is 19.9 Å². The van der Waals surface area contributed by atoms with Gasteiger partial charge in [0.15, 0.2) is 6.29 Å². The fourth-order valence-corrected chi connectivity index (χ4v) is 2.24. The molecule has 1 aromatic carbocycles. The van der Waals surface area contributed by atoms with E-state index < -0.39 is 0 Å². The molecule has 1 heterocycles. The smallest absolute Gasteiger partial charge is 0.160 e. The van der Waals surface area contributed by atoms with Crippen molar-refractivity contribution in [3.8, 4) is 0 Å². The number of hydrogen-bond acceptors (Lipinski definition) is 2. The normalized spacial score (nSPS) is 24.1. The predicted molar refractivity (Wildman–Crippen MR) is 69.5 cm³/mol. The van der Waals surface area contributed by atoms with E-state index in [9.17, 15) is 4.39 Å². The van der Waals surface area contributed by atoms with Gasteiger partial charge in [0.25, 0.3) is 0 Å². The molecule has 1 saturated heterocycles. The number of aryl methyl sites for hydroxylation is 1. The summed E-state index contributed by atoms with van der Waals surface area (Å²) in [6, 6.07) is 8.65. The molecule has 100 valence electrons. The van der Waals surface area contributed by atoms with E-state index >= 15 is 0 Å². The number of halogens is 1. The Balaban J connectivity index is 1.89. The molecule has 0 saturated carbocycles. The molecular weight excluding hydrogens is 231 g/mol. The van der Waals surface area contributed by atoms with Gasteiger partial charge in [0.05, 0.1) is 19.9 Å². The maximum absolute atomic E-state index is 12.2. The molecule has 0 radical (unpaired) electrons. The molecule has 18 heavy (non-hydrogen) atoms. The van der Waals surface area contributed by atoms with Crippen LogP contribution < -0.4 is 0 Å². The molecule has 0 aliphatic carbocycles. The minimum absolute atomic E-state index is 0.275. The fraction of sp³-hybridized carbons (Fsp3) is 0.600. The van der Waals surface area contributed by atoms with E-state index in [1.54, 1.807) is 0 Å². The zero-order chi connectivity index (χ0) is 12.8. The summed E-state index contributed by atoms with van der Waals surface area (Å²) in [6.07, 6.45) is 2.27. The van der Waals surface area contributed by atoms with Crippen LogP contribution in [-0.2, 0) is 15.9 Å². The average molecular weight is 252 g/mol. The first-order valence-corrected chi connectivity index (χ1v) is 6.71. The van der Waals surface area contributed by atoms with Gasteiger partial charge in [-0.25, -0.2) is 0 Å². The standard InChI is InChI=1S/C15H21FO2/c1-2-3-12-4-6-13(7-5-12)14-10-17-15(8-9-16)18-11-14/h4-7,14-15H,2-3,8-11H2,1H3. The average Bonchev–Trinajstić information content (AvgIpc) is 2.41. The quantitative estimate of drug-likeness (QED) is 0.799. The van der Waals surface area contributed by atoms with Crippen molar-refractivity contribution in [1.82, 2.24) is 0 Å². The van der Waals surface area contributed by atoms with Gasteiger partial charge in [0, 0.05) is 12.3 Å². The van der Waals surface area contributed by atoms with E-state index in [1.807, 2.05) is 0 Å². The molecule has 1 fully saturated rings. The van der Waals surface area contributed by atoms with Crippen molar-refractivity contribution in [2.45, 2.75) is 38.4 Å². The van der Waals surface area contributed by atoms with Crippen molar-refractivity contribution in [3.05, 3.63) is 35.4 Å². The Morgan fingerprint density at radius 2 is 1.83 bits per heavy atom. The molecule has 0 atom stereocenters. The minimum Gasteiger partial charge on any atom is -0.352 e. The predicted octanol–water partition coefficient (Wildman–Crippen LogP) is 3.46. The number of rotatable bonds is 5. The highest BCUT2D eigenvalue weighted by Crippen LogP contribution is 2.24. The molecule has 1 aromatic rings. The third-order valence-electron chi connectivity index (χ3n) is 3.30. The van der Waals surface area contributed by atoms with Crippen LogP contribution >= 0.6 is 0 Å². The zero-order valence-electron chi connectivity index (χ0n) is 10.9. The van der Waals surface area contributed by atoms with Crippen molar-refractivity contribution in [3.63, 3.8) is 0 Å². The van der Waals surface area contributed by atoms with Gasteiger partial charge in [0.1, 0.15) is 0 Å². The summed E-state index contributed by atoms with van der Waals surface area (Å²) < 4.78 is 23.2. The molecule has 3 heteroatoms. The summed E-state index contributed by atoms with van der Waals surface area (Å²) in [6.45, 7) is 3.04. The van der Waals surface area contributed by atoms with Crippen molar-refractivity contribution >= 4 is 0 Å². The topological polar surface area (TPSA) is 18.5 Å². The second kappa shape index (κ2) is 6.86. The van der Waals surface area contributed by atoms with E-state index in [1.165, 1.54) is 17.5 Å². The summed E-state index contributed by atoms with van der Waals surface area (Å²) in [7, 11) is 0. The summed E-state index contributed by atoms with van der Waals surface area (Å²) in [5.74, 6) is 0.275. The van der Waals surface area contributed by atoms with Gasteiger partial charge >= 0.3 is 0 Å². The first kappa shape index (κ1) is 13.5. The Morgan fingerprint density at radius 3 is 2.39 bits per heavy atom.